The molecule has 1 N–H and O–H groups in total. The van der Waals surface area contributed by atoms with Gasteiger partial charge >= 0.3 is 5.97 Å². The summed E-state index contributed by atoms with van der Waals surface area (Å²) in [6.07, 6.45) is 0.849. The summed E-state index contributed by atoms with van der Waals surface area (Å²) in [5.41, 5.74) is 0.601. The fourth-order valence-electron chi connectivity index (χ4n) is 3.42. The van der Waals surface area contributed by atoms with Gasteiger partial charge < -0.3 is 9.53 Å². The number of carbonyl (C=O) groups is 2. The Morgan fingerprint density at radius 3 is 1.82 bits per heavy atom. The number of carbonyl (C=O) groups excluding carboxylic acids is 2. The molecule has 4 nitrogen and oxygen atoms in total. The Balaban J connectivity index is 1.60. The fourth-order valence-corrected chi connectivity index (χ4v) is 6.51. The van der Waals surface area contributed by atoms with Crippen LogP contribution in [0.1, 0.15) is 29.6 Å². The maximum Gasteiger partial charge on any atom is 0.306 e. The standard InChI is InChI=1S/C27H31O4SSi/c1-33(2,30)21-9-20-31-27(29)19-18-26(28)22-14-16-25(17-15-22)32(23-10-5-3-6-11-23)24-12-7-4-8-13-24/h3-8,10-17,30H,9,18-21H2,1-2H3/q+1. The van der Waals surface area contributed by atoms with Gasteiger partial charge in [0.1, 0.15) is 0 Å². The highest BCUT2D eigenvalue weighted by atomic mass is 32.2. The fraction of sp³-hybridized carbons (Fsp3) is 0.259. The van der Waals surface area contributed by atoms with Gasteiger partial charge in [-0.2, -0.15) is 0 Å². The molecular formula is C27H31O4SSi+. The predicted molar refractivity (Wildman–Crippen MR) is 135 cm³/mol. The minimum atomic E-state index is -2.11. The van der Waals surface area contributed by atoms with Crippen LogP contribution in [0.5, 0.6) is 0 Å². The zero-order chi connectivity index (χ0) is 23.7. The Morgan fingerprint density at radius 1 is 0.788 bits per heavy atom. The van der Waals surface area contributed by atoms with Crippen LogP contribution in [-0.2, 0) is 20.4 Å². The van der Waals surface area contributed by atoms with E-state index in [-0.39, 0.29) is 35.5 Å². The van der Waals surface area contributed by atoms with E-state index in [1.54, 1.807) is 0 Å². The average Bonchev–Trinajstić information content (AvgIpc) is 2.82. The van der Waals surface area contributed by atoms with Crippen LogP contribution >= 0.6 is 0 Å². The molecule has 0 amide bonds. The first-order valence-corrected chi connectivity index (χ1v) is 15.6. The van der Waals surface area contributed by atoms with Crippen molar-refractivity contribution in [1.29, 1.82) is 0 Å². The van der Waals surface area contributed by atoms with E-state index in [2.05, 4.69) is 24.3 Å². The summed E-state index contributed by atoms with van der Waals surface area (Å²) in [6.45, 7) is 4.02. The lowest BCUT2D eigenvalue weighted by molar-refractivity contribution is -0.143. The van der Waals surface area contributed by atoms with Gasteiger partial charge in [0.2, 0.25) is 0 Å². The second-order valence-corrected chi connectivity index (χ2v) is 14.7. The third-order valence-electron chi connectivity index (χ3n) is 5.12. The molecule has 0 aliphatic rings. The molecule has 0 unspecified atom stereocenters. The van der Waals surface area contributed by atoms with Crippen LogP contribution in [-0.4, -0.2) is 31.5 Å². The molecule has 6 heteroatoms. The number of benzene rings is 3. The highest BCUT2D eigenvalue weighted by molar-refractivity contribution is 7.97. The molecule has 0 aliphatic heterocycles. The Bertz CT molecular complexity index is 992. The van der Waals surface area contributed by atoms with Crippen molar-refractivity contribution >= 4 is 31.0 Å². The third kappa shape index (κ3) is 8.00. The van der Waals surface area contributed by atoms with Crippen LogP contribution in [0.25, 0.3) is 0 Å². The number of rotatable bonds is 11. The zero-order valence-corrected chi connectivity index (χ0v) is 21.0. The highest BCUT2D eigenvalue weighted by Crippen LogP contribution is 2.31. The largest absolute Gasteiger partial charge is 0.466 e. The number of esters is 1. The first-order valence-electron chi connectivity index (χ1n) is 11.2. The number of hydrogen-bond donors (Lipinski definition) is 1. The molecule has 3 rings (SSSR count). The van der Waals surface area contributed by atoms with Crippen LogP contribution in [0.4, 0.5) is 0 Å². The summed E-state index contributed by atoms with van der Waals surface area (Å²) in [7, 11) is -2.37. The third-order valence-corrected chi connectivity index (χ3v) is 8.93. The van der Waals surface area contributed by atoms with E-state index in [0.29, 0.717) is 24.6 Å². The zero-order valence-electron chi connectivity index (χ0n) is 19.2. The molecule has 0 saturated carbocycles. The summed E-state index contributed by atoms with van der Waals surface area (Å²) < 4.78 is 5.19. The van der Waals surface area contributed by atoms with Crippen molar-refractivity contribution in [1.82, 2.24) is 0 Å². The predicted octanol–water partition coefficient (Wildman–Crippen LogP) is 5.88. The topological polar surface area (TPSA) is 63.6 Å². The molecule has 172 valence electrons. The van der Waals surface area contributed by atoms with Crippen LogP contribution in [0.3, 0.4) is 0 Å². The van der Waals surface area contributed by atoms with E-state index >= 15 is 0 Å². The molecule has 0 radical (unpaired) electrons. The Hall–Kier alpha value is -2.67. The maximum atomic E-state index is 12.6. The second kappa shape index (κ2) is 12.0. The summed E-state index contributed by atoms with van der Waals surface area (Å²) in [6, 6.07) is 29.1. The maximum absolute atomic E-state index is 12.6. The number of ether oxygens (including phenoxy) is 1. The summed E-state index contributed by atoms with van der Waals surface area (Å²) >= 11 is 0. The lowest BCUT2D eigenvalue weighted by atomic mass is 10.1. The first-order chi connectivity index (χ1) is 15.8. The average molecular weight is 480 g/mol. The smallest absolute Gasteiger partial charge is 0.306 e. The van der Waals surface area contributed by atoms with Gasteiger partial charge in [-0.05, 0) is 74.1 Å². The summed E-state index contributed by atoms with van der Waals surface area (Å²) in [4.78, 5) is 37.9. The molecule has 0 aromatic heterocycles. The quantitative estimate of drug-likeness (QED) is 0.123. The van der Waals surface area contributed by atoms with Crippen LogP contribution in [0.2, 0.25) is 19.1 Å². The van der Waals surface area contributed by atoms with Gasteiger partial charge in [0, 0.05) is 12.0 Å². The molecule has 3 aromatic carbocycles. The molecule has 0 atom stereocenters. The van der Waals surface area contributed by atoms with Crippen molar-refractivity contribution in [3.05, 3.63) is 90.5 Å². The molecule has 0 aliphatic carbocycles. The van der Waals surface area contributed by atoms with Crippen LogP contribution in [0.15, 0.2) is 99.6 Å². The number of Topliss-reactive ketones (excluding diaryl/α,β-unsaturated/α-hetero) is 1. The monoisotopic (exact) mass is 479 g/mol. The second-order valence-electron chi connectivity index (χ2n) is 8.52. The van der Waals surface area contributed by atoms with Gasteiger partial charge in [0.15, 0.2) is 28.8 Å². The molecule has 0 saturated heterocycles. The van der Waals surface area contributed by atoms with Crippen LogP contribution in [0, 0.1) is 0 Å². The molecule has 0 bridgehead atoms. The molecule has 0 fully saturated rings. The van der Waals surface area contributed by atoms with Gasteiger partial charge in [-0.15, -0.1) is 0 Å². The number of ketones is 1. The lowest BCUT2D eigenvalue weighted by Gasteiger charge is -2.13. The van der Waals surface area contributed by atoms with E-state index in [0.717, 1.165) is 4.90 Å². The van der Waals surface area contributed by atoms with Gasteiger partial charge in [0.05, 0.1) is 23.9 Å². The minimum absolute atomic E-state index is 0.0679. The SMILES string of the molecule is C[Si](C)(O)CCCOC(=O)CCC(=O)c1ccc([S+](c2ccccc2)c2ccccc2)cc1. The minimum Gasteiger partial charge on any atom is -0.466 e. The van der Waals surface area contributed by atoms with Crippen molar-refractivity contribution in [3.8, 4) is 0 Å². The Labute approximate surface area is 200 Å². The van der Waals surface area contributed by atoms with Gasteiger partial charge in [0.25, 0.3) is 0 Å². The van der Waals surface area contributed by atoms with Gasteiger partial charge in [-0.1, -0.05) is 36.4 Å². The van der Waals surface area contributed by atoms with Crippen molar-refractivity contribution in [2.45, 2.75) is 53.1 Å². The Kier molecular flexibility index (Phi) is 9.06. The molecule has 3 aromatic rings. The van der Waals surface area contributed by atoms with Crippen molar-refractivity contribution in [2.75, 3.05) is 6.61 Å². The van der Waals surface area contributed by atoms with E-state index in [1.165, 1.54) is 9.79 Å². The summed E-state index contributed by atoms with van der Waals surface area (Å²) in [5, 5.41) is 0. The van der Waals surface area contributed by atoms with Gasteiger partial charge in [-0.3, -0.25) is 9.59 Å². The van der Waals surface area contributed by atoms with E-state index in [1.807, 2.05) is 73.8 Å². The van der Waals surface area contributed by atoms with E-state index < -0.39 is 8.32 Å². The van der Waals surface area contributed by atoms with Crippen molar-refractivity contribution in [2.24, 2.45) is 0 Å². The normalized spacial score (nSPS) is 11.4. The van der Waals surface area contributed by atoms with Crippen molar-refractivity contribution < 1.29 is 19.1 Å². The van der Waals surface area contributed by atoms with Crippen molar-refractivity contribution in [3.63, 3.8) is 0 Å². The molecular weight excluding hydrogens is 448 g/mol. The summed E-state index contributed by atoms with van der Waals surface area (Å²) in [5.74, 6) is -0.436. The van der Waals surface area contributed by atoms with E-state index in [4.69, 9.17) is 4.74 Å². The first kappa shape index (κ1) is 25.0. The highest BCUT2D eigenvalue weighted by Gasteiger charge is 2.28. The van der Waals surface area contributed by atoms with Crippen LogP contribution < -0.4 is 0 Å². The van der Waals surface area contributed by atoms with E-state index in [9.17, 15) is 14.4 Å². The lowest BCUT2D eigenvalue weighted by Crippen LogP contribution is -2.25. The Morgan fingerprint density at radius 2 is 1.30 bits per heavy atom. The molecule has 33 heavy (non-hydrogen) atoms. The number of hydrogen-bond acceptors (Lipinski definition) is 4. The van der Waals surface area contributed by atoms with Gasteiger partial charge in [-0.25, -0.2) is 0 Å². The molecule has 0 spiro atoms. The molecule has 0 heterocycles.